The van der Waals surface area contributed by atoms with Gasteiger partial charge >= 0.3 is 0 Å². The summed E-state index contributed by atoms with van der Waals surface area (Å²) in [5.41, 5.74) is 2.21. The van der Waals surface area contributed by atoms with Crippen LogP contribution in [0, 0.1) is 0 Å². The predicted molar refractivity (Wildman–Crippen MR) is 137 cm³/mol. The molecule has 3 aromatic carbocycles. The minimum atomic E-state index is -0.866. The molecule has 0 saturated carbocycles. The monoisotopic (exact) mass is 558 g/mol. The van der Waals surface area contributed by atoms with Gasteiger partial charge in [-0.3, -0.25) is 14.4 Å². The smallest absolute Gasteiger partial charge is 0.257 e. The summed E-state index contributed by atoms with van der Waals surface area (Å²) in [6.45, 7) is 0.282. The third-order valence-corrected chi connectivity index (χ3v) is 6.72. The topological polar surface area (TPSA) is 57.7 Å². The fraction of sp³-hybridized carbons (Fsp3) is 0.192. The van der Waals surface area contributed by atoms with E-state index in [1.54, 1.807) is 54.6 Å². The molecule has 1 atom stereocenters. The third kappa shape index (κ3) is 5.69. The molecule has 3 amide bonds. The molecule has 0 radical (unpaired) electrons. The molecule has 1 aliphatic heterocycles. The van der Waals surface area contributed by atoms with Crippen molar-refractivity contribution in [3.05, 3.63) is 98.4 Å². The normalized spacial score (nSPS) is 15.6. The van der Waals surface area contributed by atoms with Gasteiger partial charge in [0.25, 0.3) is 5.91 Å². The number of imide groups is 1. The Balaban J connectivity index is 1.58. The standard InChI is InChI=1S/C26H21BrCl2N2O3/c27-19-6-10-22(11-7-19)31-25(33)16-23(26(31)34)30(13-12-17-2-1-3-21(29)14-17)24(32)15-18-4-8-20(28)9-5-18/h1-11,14,23H,12-13,15-16H2. The van der Waals surface area contributed by atoms with Crippen molar-refractivity contribution in [3.63, 3.8) is 0 Å². The van der Waals surface area contributed by atoms with E-state index >= 15 is 0 Å². The Labute approximate surface area is 216 Å². The van der Waals surface area contributed by atoms with E-state index in [0.29, 0.717) is 22.2 Å². The molecular formula is C26H21BrCl2N2O3. The lowest BCUT2D eigenvalue weighted by molar-refractivity contribution is -0.137. The van der Waals surface area contributed by atoms with Crippen molar-refractivity contribution in [1.82, 2.24) is 4.90 Å². The van der Waals surface area contributed by atoms with Crippen LogP contribution in [0.4, 0.5) is 5.69 Å². The Hall–Kier alpha value is -2.67. The second-order valence-corrected chi connectivity index (χ2v) is 9.82. The van der Waals surface area contributed by atoms with Gasteiger partial charge in [-0.2, -0.15) is 0 Å². The molecular weight excluding hydrogens is 539 g/mol. The van der Waals surface area contributed by atoms with Gasteiger partial charge in [-0.15, -0.1) is 0 Å². The fourth-order valence-electron chi connectivity index (χ4n) is 4.00. The molecule has 4 rings (SSSR count). The number of hydrogen-bond acceptors (Lipinski definition) is 3. The molecule has 0 aliphatic carbocycles. The number of amides is 3. The molecule has 0 N–H and O–H groups in total. The molecule has 0 aromatic heterocycles. The number of carbonyl (C=O) groups excluding carboxylic acids is 3. The van der Waals surface area contributed by atoms with Crippen molar-refractivity contribution in [2.45, 2.75) is 25.3 Å². The molecule has 174 valence electrons. The molecule has 1 saturated heterocycles. The highest BCUT2D eigenvalue weighted by molar-refractivity contribution is 9.10. The Morgan fingerprint density at radius 1 is 0.941 bits per heavy atom. The number of carbonyl (C=O) groups is 3. The Kier molecular flexibility index (Phi) is 7.71. The van der Waals surface area contributed by atoms with Crippen molar-refractivity contribution >= 4 is 62.5 Å². The molecule has 0 spiro atoms. The Bertz CT molecular complexity index is 1220. The van der Waals surface area contributed by atoms with Gasteiger partial charge < -0.3 is 4.90 Å². The van der Waals surface area contributed by atoms with E-state index in [2.05, 4.69) is 15.9 Å². The van der Waals surface area contributed by atoms with Gasteiger partial charge in [-0.05, 0) is 66.1 Å². The SMILES string of the molecule is O=C1CC(N(CCc2cccc(Cl)c2)C(=O)Cc2ccc(Cl)cc2)C(=O)N1c1ccc(Br)cc1. The zero-order valence-corrected chi connectivity index (χ0v) is 21.2. The molecule has 8 heteroatoms. The number of halogens is 3. The molecule has 1 fully saturated rings. The molecule has 5 nitrogen and oxygen atoms in total. The van der Waals surface area contributed by atoms with Gasteiger partial charge in [0.2, 0.25) is 11.8 Å². The van der Waals surface area contributed by atoms with Crippen LogP contribution in [0.2, 0.25) is 10.0 Å². The van der Waals surface area contributed by atoms with Crippen LogP contribution in [0.5, 0.6) is 0 Å². The van der Waals surface area contributed by atoms with Gasteiger partial charge in [-0.1, -0.05) is 63.4 Å². The van der Waals surface area contributed by atoms with E-state index in [1.165, 1.54) is 9.80 Å². The van der Waals surface area contributed by atoms with Gasteiger partial charge in [0.1, 0.15) is 6.04 Å². The zero-order valence-electron chi connectivity index (χ0n) is 18.1. The maximum atomic E-state index is 13.4. The largest absolute Gasteiger partial charge is 0.329 e. The van der Waals surface area contributed by atoms with E-state index in [1.807, 2.05) is 18.2 Å². The summed E-state index contributed by atoms with van der Waals surface area (Å²) < 4.78 is 0.841. The van der Waals surface area contributed by atoms with Crippen molar-refractivity contribution in [1.29, 1.82) is 0 Å². The summed E-state index contributed by atoms with van der Waals surface area (Å²) in [6, 6.07) is 20.5. The minimum Gasteiger partial charge on any atom is -0.329 e. The average Bonchev–Trinajstić information content (AvgIpc) is 3.10. The van der Waals surface area contributed by atoms with Crippen LogP contribution >= 0.6 is 39.1 Å². The fourth-order valence-corrected chi connectivity index (χ4v) is 4.60. The quantitative estimate of drug-likeness (QED) is 0.349. The van der Waals surface area contributed by atoms with Gasteiger partial charge in [0.05, 0.1) is 18.5 Å². The van der Waals surface area contributed by atoms with Crippen LogP contribution in [-0.2, 0) is 27.2 Å². The predicted octanol–water partition coefficient (Wildman–Crippen LogP) is 5.70. The first kappa shape index (κ1) is 24.5. The maximum absolute atomic E-state index is 13.4. The Morgan fingerprint density at radius 2 is 1.65 bits per heavy atom. The van der Waals surface area contributed by atoms with Crippen molar-refractivity contribution in [2.75, 3.05) is 11.4 Å². The zero-order chi connectivity index (χ0) is 24.2. The minimum absolute atomic E-state index is 0.0587. The number of nitrogens with zero attached hydrogens (tertiary/aromatic N) is 2. The third-order valence-electron chi connectivity index (χ3n) is 5.70. The first-order valence-corrected chi connectivity index (χ1v) is 12.3. The summed E-state index contributed by atoms with van der Waals surface area (Å²) in [6.07, 6.45) is 0.545. The van der Waals surface area contributed by atoms with Crippen LogP contribution < -0.4 is 4.90 Å². The van der Waals surface area contributed by atoms with E-state index < -0.39 is 11.9 Å². The highest BCUT2D eigenvalue weighted by Gasteiger charge is 2.44. The maximum Gasteiger partial charge on any atom is 0.257 e. The second-order valence-electron chi connectivity index (χ2n) is 8.03. The number of hydrogen-bond donors (Lipinski definition) is 0. The number of benzene rings is 3. The first-order valence-electron chi connectivity index (χ1n) is 10.7. The van der Waals surface area contributed by atoms with Crippen molar-refractivity contribution < 1.29 is 14.4 Å². The summed E-state index contributed by atoms with van der Waals surface area (Å²) in [5, 5.41) is 1.18. The second kappa shape index (κ2) is 10.7. The van der Waals surface area contributed by atoms with E-state index in [4.69, 9.17) is 23.2 Å². The van der Waals surface area contributed by atoms with Crippen LogP contribution in [-0.4, -0.2) is 35.2 Å². The molecule has 0 bridgehead atoms. The molecule has 1 heterocycles. The molecule has 3 aromatic rings. The van der Waals surface area contributed by atoms with Gasteiger partial charge in [-0.25, -0.2) is 4.90 Å². The van der Waals surface area contributed by atoms with Gasteiger partial charge in [0.15, 0.2) is 0 Å². The first-order chi connectivity index (χ1) is 16.3. The van der Waals surface area contributed by atoms with E-state index in [9.17, 15) is 14.4 Å². The van der Waals surface area contributed by atoms with E-state index in [-0.39, 0.29) is 31.2 Å². The lowest BCUT2D eigenvalue weighted by Crippen LogP contribution is -2.47. The summed E-state index contributed by atoms with van der Waals surface area (Å²) in [5.74, 6) is -0.958. The summed E-state index contributed by atoms with van der Waals surface area (Å²) in [7, 11) is 0. The summed E-state index contributed by atoms with van der Waals surface area (Å²) >= 11 is 15.4. The lowest BCUT2D eigenvalue weighted by Gasteiger charge is -2.28. The highest BCUT2D eigenvalue weighted by atomic mass is 79.9. The van der Waals surface area contributed by atoms with E-state index in [0.717, 1.165) is 15.6 Å². The summed E-state index contributed by atoms with van der Waals surface area (Å²) in [4.78, 5) is 42.3. The average molecular weight is 560 g/mol. The molecule has 1 aliphatic rings. The van der Waals surface area contributed by atoms with Crippen LogP contribution in [0.15, 0.2) is 77.3 Å². The lowest BCUT2D eigenvalue weighted by atomic mass is 10.1. The van der Waals surface area contributed by atoms with Gasteiger partial charge in [0, 0.05) is 21.1 Å². The number of anilines is 1. The van der Waals surface area contributed by atoms with Crippen molar-refractivity contribution in [3.8, 4) is 0 Å². The Morgan fingerprint density at radius 3 is 2.32 bits per heavy atom. The number of rotatable bonds is 7. The highest BCUT2D eigenvalue weighted by Crippen LogP contribution is 2.28. The van der Waals surface area contributed by atoms with Crippen molar-refractivity contribution in [2.24, 2.45) is 0 Å². The van der Waals surface area contributed by atoms with Crippen LogP contribution in [0.1, 0.15) is 17.5 Å². The van der Waals surface area contributed by atoms with Crippen LogP contribution in [0.3, 0.4) is 0 Å². The molecule has 34 heavy (non-hydrogen) atoms. The van der Waals surface area contributed by atoms with Crippen LogP contribution in [0.25, 0.3) is 0 Å². The molecule has 1 unspecified atom stereocenters.